The molecule has 0 aliphatic heterocycles. The second-order valence-electron chi connectivity index (χ2n) is 4.48. The van der Waals surface area contributed by atoms with Gasteiger partial charge >= 0.3 is 0 Å². The first kappa shape index (κ1) is 14.4. The van der Waals surface area contributed by atoms with E-state index in [0.29, 0.717) is 24.2 Å². The number of halogens is 2. The molecule has 2 aromatic rings. The standard InChI is InChI=1S/C15H16F2N2O/c1-10-3-2-6-19-14(10)9-20-15-12(16)7-11(4-5-18)8-13(15)17/h2-3,6-8H,4-5,9,18H2,1H3. The summed E-state index contributed by atoms with van der Waals surface area (Å²) in [7, 11) is 0. The van der Waals surface area contributed by atoms with Gasteiger partial charge in [0.15, 0.2) is 17.4 Å². The summed E-state index contributed by atoms with van der Waals surface area (Å²) in [6, 6.07) is 6.15. The minimum absolute atomic E-state index is 0.0246. The molecule has 2 N–H and O–H groups in total. The highest BCUT2D eigenvalue weighted by Crippen LogP contribution is 2.24. The van der Waals surface area contributed by atoms with Crippen LogP contribution in [-0.2, 0) is 13.0 Å². The van der Waals surface area contributed by atoms with Gasteiger partial charge in [-0.2, -0.15) is 0 Å². The highest BCUT2D eigenvalue weighted by atomic mass is 19.1. The Morgan fingerprint density at radius 3 is 2.55 bits per heavy atom. The van der Waals surface area contributed by atoms with Crippen LogP contribution in [0, 0.1) is 18.6 Å². The Balaban J connectivity index is 2.16. The summed E-state index contributed by atoms with van der Waals surface area (Å²) in [5.74, 6) is -1.82. The lowest BCUT2D eigenvalue weighted by atomic mass is 10.1. The number of pyridine rings is 1. The van der Waals surface area contributed by atoms with Crippen LogP contribution in [0.3, 0.4) is 0 Å². The van der Waals surface area contributed by atoms with Gasteiger partial charge in [0.2, 0.25) is 0 Å². The van der Waals surface area contributed by atoms with Gasteiger partial charge in [-0.05, 0) is 49.2 Å². The Morgan fingerprint density at radius 2 is 1.95 bits per heavy atom. The van der Waals surface area contributed by atoms with Crippen molar-refractivity contribution in [3.63, 3.8) is 0 Å². The van der Waals surface area contributed by atoms with E-state index in [9.17, 15) is 8.78 Å². The van der Waals surface area contributed by atoms with E-state index in [1.807, 2.05) is 13.0 Å². The van der Waals surface area contributed by atoms with E-state index in [4.69, 9.17) is 10.5 Å². The molecular weight excluding hydrogens is 262 g/mol. The number of nitrogens with zero attached hydrogens (tertiary/aromatic N) is 1. The Morgan fingerprint density at radius 1 is 1.25 bits per heavy atom. The number of benzene rings is 1. The molecule has 0 aliphatic rings. The Labute approximate surface area is 116 Å². The summed E-state index contributed by atoms with van der Waals surface area (Å²) in [5, 5.41) is 0. The maximum atomic E-state index is 13.8. The van der Waals surface area contributed by atoms with Gasteiger partial charge in [0.05, 0.1) is 5.69 Å². The van der Waals surface area contributed by atoms with Crippen LogP contribution in [0.4, 0.5) is 8.78 Å². The number of ether oxygens (including phenoxy) is 1. The predicted octanol–water partition coefficient (Wildman–Crippen LogP) is 2.75. The number of hydrogen-bond donors (Lipinski definition) is 1. The van der Waals surface area contributed by atoms with E-state index in [1.54, 1.807) is 12.3 Å². The van der Waals surface area contributed by atoms with E-state index in [1.165, 1.54) is 12.1 Å². The third kappa shape index (κ3) is 3.30. The first-order valence-corrected chi connectivity index (χ1v) is 6.33. The normalized spacial score (nSPS) is 10.6. The monoisotopic (exact) mass is 278 g/mol. The van der Waals surface area contributed by atoms with Crippen LogP contribution in [0.5, 0.6) is 5.75 Å². The molecule has 2 rings (SSSR count). The van der Waals surface area contributed by atoms with E-state index >= 15 is 0 Å². The molecule has 0 unspecified atom stereocenters. The van der Waals surface area contributed by atoms with Gasteiger partial charge in [0.1, 0.15) is 6.61 Å². The lowest BCUT2D eigenvalue weighted by Gasteiger charge is -2.10. The second-order valence-corrected chi connectivity index (χ2v) is 4.48. The lowest BCUT2D eigenvalue weighted by Crippen LogP contribution is -2.06. The Bertz CT molecular complexity index is 579. The predicted molar refractivity (Wildman–Crippen MR) is 72.4 cm³/mol. The first-order chi connectivity index (χ1) is 9.61. The fraction of sp³-hybridized carbons (Fsp3) is 0.267. The zero-order valence-corrected chi connectivity index (χ0v) is 11.2. The van der Waals surface area contributed by atoms with E-state index < -0.39 is 11.6 Å². The first-order valence-electron chi connectivity index (χ1n) is 6.33. The largest absolute Gasteiger partial charge is 0.481 e. The molecule has 106 valence electrons. The SMILES string of the molecule is Cc1cccnc1COc1c(F)cc(CCN)cc1F. The molecule has 0 radical (unpaired) electrons. The van der Waals surface area contributed by atoms with Crippen molar-refractivity contribution in [2.75, 3.05) is 6.54 Å². The van der Waals surface area contributed by atoms with Crippen LogP contribution in [0.15, 0.2) is 30.5 Å². The van der Waals surface area contributed by atoms with Gasteiger partial charge < -0.3 is 10.5 Å². The quantitative estimate of drug-likeness (QED) is 0.914. The van der Waals surface area contributed by atoms with Crippen molar-refractivity contribution in [2.45, 2.75) is 20.0 Å². The zero-order chi connectivity index (χ0) is 14.5. The van der Waals surface area contributed by atoms with E-state index in [2.05, 4.69) is 4.98 Å². The molecule has 0 amide bonds. The summed E-state index contributed by atoms with van der Waals surface area (Å²) >= 11 is 0. The van der Waals surface area contributed by atoms with Crippen LogP contribution >= 0.6 is 0 Å². The molecule has 0 saturated heterocycles. The van der Waals surface area contributed by atoms with Gasteiger partial charge in [-0.3, -0.25) is 4.98 Å². The summed E-state index contributed by atoms with van der Waals surface area (Å²) in [5.41, 5.74) is 7.44. The summed E-state index contributed by atoms with van der Waals surface area (Å²) in [6.45, 7) is 2.23. The van der Waals surface area contributed by atoms with Gasteiger partial charge in [0, 0.05) is 6.20 Å². The van der Waals surface area contributed by atoms with Crippen molar-refractivity contribution in [3.05, 3.63) is 58.9 Å². The average Bonchev–Trinajstić information content (AvgIpc) is 2.40. The highest BCUT2D eigenvalue weighted by Gasteiger charge is 2.13. The van der Waals surface area contributed by atoms with Crippen molar-refractivity contribution in [3.8, 4) is 5.75 Å². The van der Waals surface area contributed by atoms with Crippen LogP contribution < -0.4 is 10.5 Å². The van der Waals surface area contributed by atoms with Crippen LogP contribution in [0.1, 0.15) is 16.8 Å². The van der Waals surface area contributed by atoms with E-state index in [0.717, 1.165) is 5.56 Å². The van der Waals surface area contributed by atoms with Gasteiger partial charge in [-0.1, -0.05) is 6.07 Å². The van der Waals surface area contributed by atoms with Crippen molar-refractivity contribution in [2.24, 2.45) is 5.73 Å². The minimum atomic E-state index is -0.720. The average molecular weight is 278 g/mol. The smallest absolute Gasteiger partial charge is 0.191 e. The summed E-state index contributed by atoms with van der Waals surface area (Å²) < 4.78 is 32.8. The second kappa shape index (κ2) is 6.43. The molecule has 0 saturated carbocycles. The number of hydrogen-bond acceptors (Lipinski definition) is 3. The fourth-order valence-corrected chi connectivity index (χ4v) is 1.87. The van der Waals surface area contributed by atoms with Crippen molar-refractivity contribution in [1.82, 2.24) is 4.98 Å². The van der Waals surface area contributed by atoms with Crippen LogP contribution in [0.2, 0.25) is 0 Å². The minimum Gasteiger partial charge on any atom is -0.481 e. The Kier molecular flexibility index (Phi) is 4.63. The molecule has 20 heavy (non-hydrogen) atoms. The number of aromatic nitrogens is 1. The topological polar surface area (TPSA) is 48.1 Å². The van der Waals surface area contributed by atoms with Crippen LogP contribution in [0.25, 0.3) is 0 Å². The third-order valence-electron chi connectivity index (χ3n) is 2.96. The molecule has 0 aliphatic carbocycles. The van der Waals surface area contributed by atoms with E-state index in [-0.39, 0.29) is 12.4 Å². The molecule has 1 heterocycles. The molecule has 3 nitrogen and oxygen atoms in total. The zero-order valence-electron chi connectivity index (χ0n) is 11.2. The molecule has 5 heteroatoms. The van der Waals surface area contributed by atoms with Gasteiger partial charge in [0.25, 0.3) is 0 Å². The van der Waals surface area contributed by atoms with Crippen LogP contribution in [-0.4, -0.2) is 11.5 Å². The maximum absolute atomic E-state index is 13.8. The summed E-state index contributed by atoms with van der Waals surface area (Å²) in [6.07, 6.45) is 2.04. The fourth-order valence-electron chi connectivity index (χ4n) is 1.87. The number of aryl methyl sites for hydroxylation is 1. The summed E-state index contributed by atoms with van der Waals surface area (Å²) in [4.78, 5) is 4.11. The molecule has 0 atom stereocenters. The van der Waals surface area contributed by atoms with Crippen molar-refractivity contribution >= 4 is 0 Å². The van der Waals surface area contributed by atoms with Gasteiger partial charge in [-0.25, -0.2) is 8.78 Å². The Hall–Kier alpha value is -2.01. The molecule has 0 bridgehead atoms. The molecule has 1 aromatic carbocycles. The lowest BCUT2D eigenvalue weighted by molar-refractivity contribution is 0.269. The maximum Gasteiger partial charge on any atom is 0.191 e. The molecule has 0 fully saturated rings. The highest BCUT2D eigenvalue weighted by molar-refractivity contribution is 5.32. The molecule has 1 aromatic heterocycles. The molecule has 0 spiro atoms. The number of nitrogens with two attached hydrogens (primary N) is 1. The van der Waals surface area contributed by atoms with Crippen molar-refractivity contribution in [1.29, 1.82) is 0 Å². The van der Waals surface area contributed by atoms with Crippen molar-refractivity contribution < 1.29 is 13.5 Å². The molecular formula is C15H16F2N2O. The number of rotatable bonds is 5. The third-order valence-corrected chi connectivity index (χ3v) is 2.96. The van der Waals surface area contributed by atoms with Gasteiger partial charge in [-0.15, -0.1) is 0 Å².